The quantitative estimate of drug-likeness (QED) is 0.763. The van der Waals surface area contributed by atoms with Crippen LogP contribution in [-0.4, -0.2) is 31.4 Å². The van der Waals surface area contributed by atoms with Crippen LogP contribution in [0.2, 0.25) is 0 Å². The summed E-state index contributed by atoms with van der Waals surface area (Å²) in [7, 11) is 1.23. The number of rotatable bonds is 2. The molecule has 0 amide bonds. The number of carbonyl (C=O) groups is 2. The molecular weight excluding hydrogens is 344 g/mol. The Hall–Kier alpha value is -2.92. The summed E-state index contributed by atoms with van der Waals surface area (Å²) in [4.78, 5) is 24.2. The van der Waals surface area contributed by atoms with Gasteiger partial charge in [-0.25, -0.2) is 4.79 Å². The average Bonchev–Trinajstić information content (AvgIpc) is 2.86. The first kappa shape index (κ1) is 17.5. The van der Waals surface area contributed by atoms with Crippen molar-refractivity contribution in [2.45, 2.75) is 31.2 Å². The molecule has 2 aromatic rings. The number of carbonyl (C=O) groups excluding carboxylic acids is 2. The number of fused-ring (bicyclic) bond motifs is 2. The van der Waals surface area contributed by atoms with E-state index in [1.807, 2.05) is 36.4 Å². The zero-order chi connectivity index (χ0) is 18.8. The van der Waals surface area contributed by atoms with Crippen molar-refractivity contribution in [1.29, 1.82) is 0 Å². The summed E-state index contributed by atoms with van der Waals surface area (Å²) in [5, 5.41) is 0. The number of aryl methyl sites for hydroxylation is 2. The summed E-state index contributed by atoms with van der Waals surface area (Å²) in [6.07, 6.45) is 2.10. The van der Waals surface area contributed by atoms with Crippen LogP contribution in [0.4, 0.5) is 4.79 Å². The van der Waals surface area contributed by atoms with E-state index < -0.39 is 18.5 Å². The first-order chi connectivity index (χ1) is 13.2. The molecule has 2 atom stereocenters. The van der Waals surface area contributed by atoms with E-state index in [1.165, 1.54) is 30.4 Å². The Labute approximate surface area is 157 Å². The van der Waals surface area contributed by atoms with Crippen LogP contribution in [0.5, 0.6) is 0 Å². The van der Waals surface area contributed by atoms with Gasteiger partial charge >= 0.3 is 6.16 Å². The Balaban J connectivity index is 1.77. The van der Waals surface area contributed by atoms with Crippen molar-refractivity contribution in [3.63, 3.8) is 0 Å². The van der Waals surface area contributed by atoms with Crippen molar-refractivity contribution in [2.75, 3.05) is 7.11 Å². The molecule has 0 saturated carbocycles. The van der Waals surface area contributed by atoms with Crippen molar-refractivity contribution in [3.8, 4) is 0 Å². The molecule has 0 aromatic heterocycles. The smallest absolute Gasteiger partial charge is 0.438 e. The van der Waals surface area contributed by atoms with Crippen molar-refractivity contribution in [3.05, 3.63) is 82.9 Å². The van der Waals surface area contributed by atoms with Crippen molar-refractivity contribution < 1.29 is 23.8 Å². The van der Waals surface area contributed by atoms with E-state index in [0.29, 0.717) is 0 Å². The minimum absolute atomic E-state index is 0.142. The van der Waals surface area contributed by atoms with Crippen LogP contribution in [0, 0.1) is 0 Å². The normalized spacial score (nSPS) is 21.7. The summed E-state index contributed by atoms with van der Waals surface area (Å²) in [6.45, 7) is 0. The SMILES string of the molecule is COC(=O)O[C@H]1C=CC(=O)[C@@H](C2c3ccccc3CCc3ccccc32)O1. The molecular formula is C22H20O5. The fourth-order valence-corrected chi connectivity index (χ4v) is 3.87. The standard InChI is InChI=1S/C22H20O5/c1-25-22(24)27-19-13-12-18(23)21(26-19)20-16-8-4-2-6-14(16)10-11-15-7-3-5-9-17(15)20/h2-9,12-13,19-21H,10-11H2,1H3/t19-,21-/m0/s1. The second kappa shape index (κ2) is 7.37. The zero-order valence-electron chi connectivity index (χ0n) is 15.0. The van der Waals surface area contributed by atoms with E-state index in [2.05, 4.69) is 16.9 Å². The van der Waals surface area contributed by atoms with E-state index in [4.69, 9.17) is 9.47 Å². The number of hydrogen-bond acceptors (Lipinski definition) is 5. The molecule has 2 aliphatic rings. The van der Waals surface area contributed by atoms with Gasteiger partial charge < -0.3 is 14.2 Å². The van der Waals surface area contributed by atoms with Gasteiger partial charge in [-0.2, -0.15) is 0 Å². The Kier molecular flexibility index (Phi) is 4.77. The summed E-state index contributed by atoms with van der Waals surface area (Å²) in [5.41, 5.74) is 4.56. The molecule has 1 aliphatic heterocycles. The molecule has 2 aromatic carbocycles. The van der Waals surface area contributed by atoms with Gasteiger partial charge in [-0.3, -0.25) is 4.79 Å². The molecule has 27 heavy (non-hydrogen) atoms. The van der Waals surface area contributed by atoms with Crippen LogP contribution in [0.1, 0.15) is 28.2 Å². The molecule has 0 fully saturated rings. The number of hydrogen-bond donors (Lipinski definition) is 0. The molecule has 4 rings (SSSR count). The van der Waals surface area contributed by atoms with Crippen molar-refractivity contribution in [1.82, 2.24) is 0 Å². The molecule has 1 heterocycles. The minimum Gasteiger partial charge on any atom is -0.438 e. The molecule has 1 aliphatic carbocycles. The van der Waals surface area contributed by atoms with Gasteiger partial charge in [-0.05, 0) is 47.2 Å². The average molecular weight is 364 g/mol. The molecule has 0 bridgehead atoms. The predicted molar refractivity (Wildman–Crippen MR) is 98.4 cm³/mol. The number of methoxy groups -OCH3 is 1. The fraction of sp³-hybridized carbons (Fsp3) is 0.273. The van der Waals surface area contributed by atoms with E-state index in [1.54, 1.807) is 0 Å². The Bertz CT molecular complexity index is 854. The molecule has 0 spiro atoms. The van der Waals surface area contributed by atoms with Crippen molar-refractivity contribution in [2.24, 2.45) is 0 Å². The van der Waals surface area contributed by atoms with E-state index in [-0.39, 0.29) is 11.7 Å². The van der Waals surface area contributed by atoms with E-state index >= 15 is 0 Å². The van der Waals surface area contributed by atoms with Gasteiger partial charge in [0.25, 0.3) is 0 Å². The summed E-state index contributed by atoms with van der Waals surface area (Å²) in [5.74, 6) is -0.405. The maximum Gasteiger partial charge on any atom is 0.510 e. The van der Waals surface area contributed by atoms with E-state index in [0.717, 1.165) is 24.0 Å². The molecule has 0 N–H and O–H groups in total. The second-order valence-electron chi connectivity index (χ2n) is 6.63. The van der Waals surface area contributed by atoms with Crippen LogP contribution in [-0.2, 0) is 31.8 Å². The van der Waals surface area contributed by atoms with Gasteiger partial charge in [0.2, 0.25) is 6.29 Å². The van der Waals surface area contributed by atoms with Crippen LogP contribution < -0.4 is 0 Å². The first-order valence-electron chi connectivity index (χ1n) is 8.95. The topological polar surface area (TPSA) is 61.8 Å². The third kappa shape index (κ3) is 3.38. The minimum atomic E-state index is -0.956. The van der Waals surface area contributed by atoms with Gasteiger partial charge in [0, 0.05) is 5.92 Å². The predicted octanol–water partition coefficient (Wildman–Crippen LogP) is 3.55. The molecule has 0 radical (unpaired) electrons. The maximum absolute atomic E-state index is 12.7. The van der Waals surface area contributed by atoms with Crippen LogP contribution in [0.25, 0.3) is 0 Å². The largest absolute Gasteiger partial charge is 0.510 e. The lowest BCUT2D eigenvalue weighted by Gasteiger charge is -2.32. The van der Waals surface area contributed by atoms with Gasteiger partial charge in [-0.15, -0.1) is 0 Å². The summed E-state index contributed by atoms with van der Waals surface area (Å²) < 4.78 is 15.5. The zero-order valence-corrected chi connectivity index (χ0v) is 15.0. The summed E-state index contributed by atoms with van der Waals surface area (Å²) >= 11 is 0. The number of ketones is 1. The highest BCUT2D eigenvalue weighted by Gasteiger charge is 2.38. The molecule has 138 valence electrons. The highest BCUT2D eigenvalue weighted by Crippen LogP contribution is 2.39. The van der Waals surface area contributed by atoms with Gasteiger partial charge in [0.1, 0.15) is 6.10 Å². The van der Waals surface area contributed by atoms with Crippen LogP contribution in [0.15, 0.2) is 60.7 Å². The number of benzene rings is 2. The molecule has 5 nitrogen and oxygen atoms in total. The highest BCUT2D eigenvalue weighted by molar-refractivity contribution is 5.95. The third-order valence-electron chi connectivity index (χ3n) is 5.10. The van der Waals surface area contributed by atoms with Crippen molar-refractivity contribution >= 4 is 11.9 Å². The van der Waals surface area contributed by atoms with Crippen LogP contribution >= 0.6 is 0 Å². The molecule has 5 heteroatoms. The third-order valence-corrected chi connectivity index (χ3v) is 5.10. The van der Waals surface area contributed by atoms with Gasteiger partial charge in [0.05, 0.1) is 7.11 Å². The monoisotopic (exact) mass is 364 g/mol. The first-order valence-corrected chi connectivity index (χ1v) is 8.95. The lowest BCUT2D eigenvalue weighted by molar-refractivity contribution is -0.154. The molecule has 0 unspecified atom stereocenters. The Morgan fingerprint density at radius 3 is 2.19 bits per heavy atom. The second-order valence-corrected chi connectivity index (χ2v) is 6.63. The number of ether oxygens (including phenoxy) is 3. The highest BCUT2D eigenvalue weighted by atomic mass is 16.8. The fourth-order valence-electron chi connectivity index (χ4n) is 3.87. The lowest BCUT2D eigenvalue weighted by atomic mass is 9.82. The lowest BCUT2D eigenvalue weighted by Crippen LogP contribution is -2.39. The summed E-state index contributed by atoms with van der Waals surface area (Å²) in [6, 6.07) is 16.3. The molecule has 0 saturated heterocycles. The Morgan fingerprint density at radius 2 is 1.59 bits per heavy atom. The van der Waals surface area contributed by atoms with Gasteiger partial charge in [0.15, 0.2) is 5.78 Å². The maximum atomic E-state index is 12.7. The van der Waals surface area contributed by atoms with E-state index in [9.17, 15) is 9.59 Å². The van der Waals surface area contributed by atoms with Gasteiger partial charge in [-0.1, -0.05) is 48.5 Å². The van der Waals surface area contributed by atoms with Crippen LogP contribution in [0.3, 0.4) is 0 Å². The Morgan fingerprint density at radius 1 is 1.00 bits per heavy atom.